The number of nitrogens with zero attached hydrogens (tertiary/aromatic N) is 4. The summed E-state index contributed by atoms with van der Waals surface area (Å²) in [5.41, 5.74) is 0.161. The van der Waals surface area contributed by atoms with E-state index < -0.39 is 38.4 Å². The molecular formula is C13H16N5O8P. The second-order valence-electron chi connectivity index (χ2n) is 6.03. The lowest BCUT2D eigenvalue weighted by molar-refractivity contribution is -0.0425. The fourth-order valence-corrected chi connectivity index (χ4v) is 3.78. The molecule has 0 saturated carbocycles. The number of rotatable bonds is 5. The van der Waals surface area contributed by atoms with Crippen LogP contribution in [0.4, 0.5) is 0 Å². The van der Waals surface area contributed by atoms with Crippen LogP contribution in [0.5, 0.6) is 0 Å². The number of hydrogen-bond acceptors (Lipinski definition) is 8. The summed E-state index contributed by atoms with van der Waals surface area (Å²) in [7, 11) is -4.77. The standard InChI is InChI=1S/C13H16N5O8P/c19-3-6-2-14-13-16-11-10(12(21)18(6)13)15-5-17(11)9-1-7(8(4-20)25-9)26-27(22,23)24/h2,5,7-9,19-20H,1,3-4H2,(H,14,16)(H2,22,23,24)/t7-,8+,9+/m0/s1. The highest BCUT2D eigenvalue weighted by atomic mass is 31.2. The predicted octanol–water partition coefficient (Wildman–Crippen LogP) is -1.38. The maximum atomic E-state index is 12.6. The molecule has 146 valence electrons. The lowest BCUT2D eigenvalue weighted by Crippen LogP contribution is -2.26. The molecule has 5 N–H and O–H groups in total. The first kappa shape index (κ1) is 18.3. The van der Waals surface area contributed by atoms with Gasteiger partial charge in [0, 0.05) is 6.42 Å². The van der Waals surface area contributed by atoms with Crippen LogP contribution in [0.25, 0.3) is 16.9 Å². The molecule has 0 spiro atoms. The van der Waals surface area contributed by atoms with E-state index in [9.17, 15) is 19.6 Å². The Bertz CT molecular complexity index is 1100. The lowest BCUT2D eigenvalue weighted by atomic mass is 10.2. The Hall–Kier alpha value is -2.12. The number of aromatic amines is 1. The Balaban J connectivity index is 1.75. The Labute approximate surface area is 150 Å². The van der Waals surface area contributed by atoms with Gasteiger partial charge < -0.3 is 29.7 Å². The maximum absolute atomic E-state index is 12.6. The largest absolute Gasteiger partial charge is 0.469 e. The van der Waals surface area contributed by atoms with Crippen molar-refractivity contribution < 1.29 is 33.8 Å². The quantitative estimate of drug-likeness (QED) is 0.319. The Kier molecular flexibility index (Phi) is 4.39. The van der Waals surface area contributed by atoms with Crippen molar-refractivity contribution in [3.8, 4) is 0 Å². The summed E-state index contributed by atoms with van der Waals surface area (Å²) >= 11 is 0. The van der Waals surface area contributed by atoms with Crippen LogP contribution < -0.4 is 5.56 Å². The number of hydrogen-bond donors (Lipinski definition) is 5. The van der Waals surface area contributed by atoms with E-state index in [-0.39, 0.29) is 30.0 Å². The Morgan fingerprint density at radius 2 is 2.15 bits per heavy atom. The highest BCUT2D eigenvalue weighted by molar-refractivity contribution is 7.46. The van der Waals surface area contributed by atoms with E-state index in [1.54, 1.807) is 0 Å². The van der Waals surface area contributed by atoms with E-state index in [0.29, 0.717) is 5.69 Å². The zero-order valence-corrected chi connectivity index (χ0v) is 14.6. The molecule has 27 heavy (non-hydrogen) atoms. The first-order chi connectivity index (χ1) is 12.8. The summed E-state index contributed by atoms with van der Waals surface area (Å²) in [6.45, 7) is -0.879. The SMILES string of the molecule is O=c1c2ncn([C@H]3C[C@H](OP(=O)(O)O)[C@@H](CO)O3)c2[nH]c2ncc(CO)n12. The first-order valence-electron chi connectivity index (χ1n) is 7.88. The fraction of sp³-hybridized carbons (Fsp3) is 0.462. The molecule has 1 aliphatic rings. The normalized spacial score (nSPS) is 23.6. The number of ether oxygens (including phenoxy) is 1. The maximum Gasteiger partial charge on any atom is 0.469 e. The molecule has 0 aromatic carbocycles. The third-order valence-electron chi connectivity index (χ3n) is 4.37. The van der Waals surface area contributed by atoms with Crippen molar-refractivity contribution in [3.05, 3.63) is 28.6 Å². The van der Waals surface area contributed by atoms with Gasteiger partial charge in [0.25, 0.3) is 5.56 Å². The average Bonchev–Trinajstić information content (AvgIpc) is 3.29. The van der Waals surface area contributed by atoms with Gasteiger partial charge in [-0.15, -0.1) is 0 Å². The molecule has 1 saturated heterocycles. The third kappa shape index (κ3) is 3.08. The highest BCUT2D eigenvalue weighted by Gasteiger charge is 2.40. The van der Waals surface area contributed by atoms with Gasteiger partial charge in [-0.3, -0.25) is 13.9 Å². The molecule has 0 bridgehead atoms. The molecule has 1 fully saturated rings. The number of aromatic nitrogens is 5. The van der Waals surface area contributed by atoms with E-state index in [4.69, 9.17) is 14.5 Å². The number of H-pyrrole nitrogens is 1. The minimum Gasteiger partial charge on any atom is -0.394 e. The van der Waals surface area contributed by atoms with E-state index in [1.165, 1.54) is 21.5 Å². The van der Waals surface area contributed by atoms with Crippen molar-refractivity contribution >= 4 is 24.8 Å². The predicted molar refractivity (Wildman–Crippen MR) is 87.6 cm³/mol. The van der Waals surface area contributed by atoms with E-state index >= 15 is 0 Å². The van der Waals surface area contributed by atoms with Gasteiger partial charge >= 0.3 is 7.82 Å². The van der Waals surface area contributed by atoms with E-state index in [1.807, 2.05) is 0 Å². The molecule has 4 heterocycles. The summed E-state index contributed by atoms with van der Waals surface area (Å²) in [6.07, 6.45) is -0.0720. The number of phosphoric acid groups is 1. The van der Waals surface area contributed by atoms with Crippen LogP contribution in [-0.4, -0.2) is 62.7 Å². The molecule has 13 nitrogen and oxygen atoms in total. The molecule has 1 aliphatic heterocycles. The molecule has 0 aliphatic carbocycles. The summed E-state index contributed by atoms with van der Waals surface area (Å²) in [4.78, 5) is 41.7. The number of imidazole rings is 2. The molecule has 4 rings (SSSR count). The molecule has 0 radical (unpaired) electrons. The smallest absolute Gasteiger partial charge is 0.394 e. The summed E-state index contributed by atoms with van der Waals surface area (Å²) in [5.74, 6) is 0.193. The van der Waals surface area contributed by atoms with Crippen molar-refractivity contribution in [2.75, 3.05) is 6.61 Å². The van der Waals surface area contributed by atoms with Gasteiger partial charge in [-0.1, -0.05) is 0 Å². The summed E-state index contributed by atoms with van der Waals surface area (Å²) in [6, 6.07) is 0. The summed E-state index contributed by atoms with van der Waals surface area (Å²) < 4.78 is 24.1. The van der Waals surface area contributed by atoms with Crippen LogP contribution in [0.1, 0.15) is 18.3 Å². The van der Waals surface area contributed by atoms with Gasteiger partial charge in [0.2, 0.25) is 5.78 Å². The minimum atomic E-state index is -4.77. The molecule has 3 atom stereocenters. The number of phosphoric ester groups is 1. The summed E-state index contributed by atoms with van der Waals surface area (Å²) in [5, 5.41) is 18.7. The minimum absolute atomic E-state index is 0.0192. The fourth-order valence-electron chi connectivity index (χ4n) is 3.21. The Morgan fingerprint density at radius 1 is 1.37 bits per heavy atom. The van der Waals surface area contributed by atoms with Crippen LogP contribution in [-0.2, 0) is 20.4 Å². The van der Waals surface area contributed by atoms with Crippen LogP contribution in [0.15, 0.2) is 17.3 Å². The van der Waals surface area contributed by atoms with Crippen LogP contribution >= 0.6 is 7.82 Å². The van der Waals surface area contributed by atoms with Crippen LogP contribution in [0, 0.1) is 0 Å². The van der Waals surface area contributed by atoms with Crippen molar-refractivity contribution in [3.63, 3.8) is 0 Å². The molecular weight excluding hydrogens is 385 g/mol. The zero-order chi connectivity index (χ0) is 19.3. The first-order valence-corrected chi connectivity index (χ1v) is 9.41. The number of nitrogens with one attached hydrogen (secondary N) is 1. The number of fused-ring (bicyclic) bond motifs is 2. The number of aliphatic hydroxyl groups is 2. The van der Waals surface area contributed by atoms with Gasteiger partial charge in [0.1, 0.15) is 24.1 Å². The van der Waals surface area contributed by atoms with Crippen LogP contribution in [0.2, 0.25) is 0 Å². The molecule has 0 unspecified atom stereocenters. The average molecular weight is 401 g/mol. The van der Waals surface area contributed by atoms with Gasteiger partial charge in [0.15, 0.2) is 5.52 Å². The van der Waals surface area contributed by atoms with Crippen molar-refractivity contribution in [1.29, 1.82) is 0 Å². The van der Waals surface area contributed by atoms with Gasteiger partial charge in [-0.05, 0) is 0 Å². The van der Waals surface area contributed by atoms with Gasteiger partial charge in [0.05, 0.1) is 31.4 Å². The van der Waals surface area contributed by atoms with Crippen molar-refractivity contribution in [2.24, 2.45) is 0 Å². The van der Waals surface area contributed by atoms with Crippen molar-refractivity contribution in [2.45, 2.75) is 31.5 Å². The van der Waals surface area contributed by atoms with Gasteiger partial charge in [-0.2, -0.15) is 0 Å². The second-order valence-corrected chi connectivity index (χ2v) is 7.22. The number of aliphatic hydroxyl groups excluding tert-OH is 2. The third-order valence-corrected chi connectivity index (χ3v) is 4.92. The molecule has 0 amide bonds. The lowest BCUT2D eigenvalue weighted by Gasteiger charge is -2.16. The highest BCUT2D eigenvalue weighted by Crippen LogP contribution is 2.43. The van der Waals surface area contributed by atoms with Gasteiger partial charge in [-0.25, -0.2) is 18.9 Å². The molecule has 3 aromatic rings. The molecule has 3 aromatic heterocycles. The van der Waals surface area contributed by atoms with Crippen LogP contribution in [0.3, 0.4) is 0 Å². The topological polar surface area (TPSA) is 184 Å². The van der Waals surface area contributed by atoms with Crippen molar-refractivity contribution in [1.82, 2.24) is 23.9 Å². The zero-order valence-electron chi connectivity index (χ0n) is 13.7. The Morgan fingerprint density at radius 3 is 2.81 bits per heavy atom. The second kappa shape index (κ2) is 6.49. The van der Waals surface area contributed by atoms with E-state index in [2.05, 4.69) is 19.5 Å². The molecule has 14 heteroatoms. The monoisotopic (exact) mass is 401 g/mol. The van der Waals surface area contributed by atoms with E-state index in [0.717, 1.165) is 0 Å².